The van der Waals surface area contributed by atoms with E-state index >= 15 is 0 Å². The summed E-state index contributed by atoms with van der Waals surface area (Å²) in [5.74, 6) is -0.887. The van der Waals surface area contributed by atoms with Crippen molar-refractivity contribution in [1.29, 1.82) is 0 Å². The maximum Gasteiger partial charge on any atom is 0.324 e. The Morgan fingerprint density at radius 2 is 2.11 bits per heavy atom. The molecule has 18 heavy (non-hydrogen) atoms. The summed E-state index contributed by atoms with van der Waals surface area (Å²) < 4.78 is 0. The smallest absolute Gasteiger partial charge is 0.324 e. The maximum absolute atomic E-state index is 11.4. The molecule has 0 aliphatic carbocycles. The van der Waals surface area contributed by atoms with Crippen LogP contribution in [0.4, 0.5) is 10.5 Å². The van der Waals surface area contributed by atoms with Crippen LogP contribution in [0.1, 0.15) is 15.9 Å². The first kappa shape index (κ1) is 11.9. The number of anilines is 1. The summed E-state index contributed by atoms with van der Waals surface area (Å²) in [6.45, 7) is 0.0770. The van der Waals surface area contributed by atoms with Gasteiger partial charge in [0, 0.05) is 11.3 Å². The molecule has 7 nitrogen and oxygen atoms in total. The number of amides is 4. The molecule has 1 saturated heterocycles. The van der Waals surface area contributed by atoms with Gasteiger partial charge in [-0.05, 0) is 17.7 Å². The third-order valence-electron chi connectivity index (χ3n) is 2.70. The van der Waals surface area contributed by atoms with Gasteiger partial charge in [-0.1, -0.05) is 6.07 Å². The van der Waals surface area contributed by atoms with Gasteiger partial charge < -0.3 is 16.8 Å². The Balaban J connectivity index is 2.22. The standard InChI is InChI=1S/C11H12N4O3/c12-8-3-6(10(13)17)1-2-7(8)5-15-9(16)4-14-11(15)18/h1-3H,4-5,12H2,(H2,13,17)(H,14,18). The van der Waals surface area contributed by atoms with Gasteiger partial charge in [0.05, 0.1) is 13.1 Å². The number of benzene rings is 1. The van der Waals surface area contributed by atoms with Gasteiger partial charge in [-0.2, -0.15) is 0 Å². The number of primary amides is 1. The molecule has 1 aromatic carbocycles. The van der Waals surface area contributed by atoms with Crippen LogP contribution in [0, 0.1) is 0 Å². The monoisotopic (exact) mass is 248 g/mol. The molecule has 7 heteroatoms. The van der Waals surface area contributed by atoms with Gasteiger partial charge in [-0.15, -0.1) is 0 Å². The largest absolute Gasteiger partial charge is 0.398 e. The van der Waals surface area contributed by atoms with Crippen LogP contribution < -0.4 is 16.8 Å². The van der Waals surface area contributed by atoms with E-state index in [0.717, 1.165) is 4.90 Å². The molecule has 0 bridgehead atoms. The number of urea groups is 1. The van der Waals surface area contributed by atoms with Crippen LogP contribution >= 0.6 is 0 Å². The first-order chi connectivity index (χ1) is 8.49. The minimum Gasteiger partial charge on any atom is -0.398 e. The average molecular weight is 248 g/mol. The molecule has 0 spiro atoms. The summed E-state index contributed by atoms with van der Waals surface area (Å²) in [4.78, 5) is 34.8. The molecule has 1 aliphatic heterocycles. The minimum atomic E-state index is -0.580. The molecule has 5 N–H and O–H groups in total. The summed E-state index contributed by atoms with van der Waals surface area (Å²) >= 11 is 0. The third-order valence-corrected chi connectivity index (χ3v) is 2.70. The number of rotatable bonds is 3. The molecule has 1 aromatic rings. The number of hydrogen-bond acceptors (Lipinski definition) is 4. The molecule has 0 saturated carbocycles. The first-order valence-electron chi connectivity index (χ1n) is 5.25. The summed E-state index contributed by atoms with van der Waals surface area (Å²) in [6, 6.07) is 4.06. The Morgan fingerprint density at radius 1 is 1.39 bits per heavy atom. The second-order valence-electron chi connectivity index (χ2n) is 3.92. The van der Waals surface area contributed by atoms with Crippen LogP contribution in [0.15, 0.2) is 18.2 Å². The number of carbonyl (C=O) groups is 3. The fourth-order valence-electron chi connectivity index (χ4n) is 1.68. The lowest BCUT2D eigenvalue weighted by atomic mass is 10.1. The number of hydrogen-bond donors (Lipinski definition) is 3. The number of nitrogens with zero attached hydrogens (tertiary/aromatic N) is 1. The number of nitrogen functional groups attached to an aromatic ring is 1. The third kappa shape index (κ3) is 2.10. The first-order valence-corrected chi connectivity index (χ1v) is 5.25. The van der Waals surface area contributed by atoms with E-state index in [1.54, 1.807) is 6.07 Å². The average Bonchev–Trinajstić information content (AvgIpc) is 2.63. The zero-order valence-electron chi connectivity index (χ0n) is 9.47. The number of nitrogens with two attached hydrogens (primary N) is 2. The molecule has 0 unspecified atom stereocenters. The highest BCUT2D eigenvalue weighted by atomic mass is 16.2. The Kier molecular flexibility index (Phi) is 2.88. The van der Waals surface area contributed by atoms with Crippen LogP contribution in [-0.4, -0.2) is 29.3 Å². The van der Waals surface area contributed by atoms with Crippen LogP contribution in [0.25, 0.3) is 0 Å². The van der Waals surface area contributed by atoms with Crippen molar-refractivity contribution in [3.05, 3.63) is 29.3 Å². The number of imide groups is 1. The van der Waals surface area contributed by atoms with Gasteiger partial charge in [-0.25, -0.2) is 4.79 Å². The van der Waals surface area contributed by atoms with Crippen LogP contribution in [0.5, 0.6) is 0 Å². The summed E-state index contributed by atoms with van der Waals surface area (Å²) in [6.07, 6.45) is 0. The zero-order chi connectivity index (χ0) is 13.3. The number of nitrogens with one attached hydrogen (secondary N) is 1. The van der Waals surface area contributed by atoms with Crippen molar-refractivity contribution in [1.82, 2.24) is 10.2 Å². The molecular weight excluding hydrogens is 236 g/mol. The van der Waals surface area contributed by atoms with Gasteiger partial charge in [0.15, 0.2) is 0 Å². The van der Waals surface area contributed by atoms with E-state index in [4.69, 9.17) is 11.5 Å². The fraction of sp³-hybridized carbons (Fsp3) is 0.182. The minimum absolute atomic E-state index is 0.00188. The summed E-state index contributed by atoms with van der Waals surface area (Å²) in [5.41, 5.74) is 12.1. The Bertz CT molecular complexity index is 525. The predicted octanol–water partition coefficient (Wildman–Crippen LogP) is -0.581. The molecular formula is C11H12N4O3. The van der Waals surface area contributed by atoms with E-state index in [1.807, 2.05) is 0 Å². The SMILES string of the molecule is NC(=O)c1ccc(CN2C(=O)CNC2=O)c(N)c1. The second kappa shape index (κ2) is 4.36. The summed E-state index contributed by atoms with van der Waals surface area (Å²) in [7, 11) is 0. The van der Waals surface area contributed by atoms with E-state index < -0.39 is 11.9 Å². The molecule has 4 amide bonds. The lowest BCUT2D eigenvalue weighted by Crippen LogP contribution is -2.30. The second-order valence-corrected chi connectivity index (χ2v) is 3.92. The quantitative estimate of drug-likeness (QED) is 0.489. The highest BCUT2D eigenvalue weighted by Crippen LogP contribution is 2.17. The highest BCUT2D eigenvalue weighted by Gasteiger charge is 2.28. The molecule has 0 atom stereocenters. The molecule has 1 fully saturated rings. The van der Waals surface area contributed by atoms with Crippen LogP contribution in [0.3, 0.4) is 0 Å². The normalized spacial score (nSPS) is 14.8. The van der Waals surface area contributed by atoms with Gasteiger partial charge in [0.2, 0.25) is 11.8 Å². The van der Waals surface area contributed by atoms with Crippen LogP contribution in [0.2, 0.25) is 0 Å². The van der Waals surface area contributed by atoms with Crippen molar-refractivity contribution in [2.45, 2.75) is 6.54 Å². The van der Waals surface area contributed by atoms with E-state index in [1.165, 1.54) is 12.1 Å². The zero-order valence-corrected chi connectivity index (χ0v) is 9.47. The van der Waals surface area contributed by atoms with Crippen molar-refractivity contribution < 1.29 is 14.4 Å². The van der Waals surface area contributed by atoms with Gasteiger partial charge in [-0.3, -0.25) is 14.5 Å². The van der Waals surface area contributed by atoms with E-state index in [0.29, 0.717) is 11.3 Å². The van der Waals surface area contributed by atoms with Crippen molar-refractivity contribution in [3.8, 4) is 0 Å². The Morgan fingerprint density at radius 3 is 2.61 bits per heavy atom. The lowest BCUT2D eigenvalue weighted by Gasteiger charge is -2.14. The fourth-order valence-corrected chi connectivity index (χ4v) is 1.68. The van der Waals surface area contributed by atoms with Crippen LogP contribution in [-0.2, 0) is 11.3 Å². The lowest BCUT2D eigenvalue weighted by molar-refractivity contribution is -0.125. The van der Waals surface area contributed by atoms with Crippen molar-refractivity contribution in [2.75, 3.05) is 12.3 Å². The van der Waals surface area contributed by atoms with E-state index in [-0.39, 0.29) is 24.6 Å². The number of carbonyl (C=O) groups excluding carboxylic acids is 3. The van der Waals surface area contributed by atoms with Crippen molar-refractivity contribution in [2.24, 2.45) is 5.73 Å². The van der Waals surface area contributed by atoms with E-state index in [9.17, 15) is 14.4 Å². The Labute approximate surface area is 103 Å². The maximum atomic E-state index is 11.4. The molecule has 0 radical (unpaired) electrons. The Hall–Kier alpha value is -2.57. The molecule has 2 rings (SSSR count). The molecule has 1 heterocycles. The van der Waals surface area contributed by atoms with E-state index in [2.05, 4.69) is 5.32 Å². The van der Waals surface area contributed by atoms with Crippen molar-refractivity contribution >= 4 is 23.5 Å². The van der Waals surface area contributed by atoms with Gasteiger partial charge in [0.1, 0.15) is 0 Å². The molecule has 1 aliphatic rings. The van der Waals surface area contributed by atoms with Gasteiger partial charge in [0.25, 0.3) is 0 Å². The summed E-state index contributed by atoms with van der Waals surface area (Å²) in [5, 5.41) is 2.41. The topological polar surface area (TPSA) is 119 Å². The highest BCUT2D eigenvalue weighted by molar-refractivity contribution is 6.02. The predicted molar refractivity (Wildman–Crippen MR) is 63.3 cm³/mol. The molecule has 0 aromatic heterocycles. The van der Waals surface area contributed by atoms with Gasteiger partial charge >= 0.3 is 6.03 Å². The molecule has 94 valence electrons. The van der Waals surface area contributed by atoms with Crippen molar-refractivity contribution in [3.63, 3.8) is 0 Å².